The minimum atomic E-state index is -0.0291. The fraction of sp³-hybridized carbons (Fsp3) is 0.176. The molecule has 2 aliphatic carbocycles. The van der Waals surface area contributed by atoms with Gasteiger partial charge in [0, 0.05) is 24.0 Å². The van der Waals surface area contributed by atoms with Crippen LogP contribution in [0.2, 0.25) is 0 Å². The van der Waals surface area contributed by atoms with Crippen LogP contribution in [0, 0.1) is 12.8 Å². The number of hydrogen-bond acceptors (Lipinski definition) is 2. The Balaban J connectivity index is 1.21. The molecule has 9 rings (SSSR count). The maximum atomic E-state index is 4.66. The Labute approximate surface area is 313 Å². The number of rotatable bonds is 6. The second-order valence-electron chi connectivity index (χ2n) is 16.1. The predicted octanol–water partition coefficient (Wildman–Crippen LogP) is 13.3. The number of aromatic nitrogens is 2. The van der Waals surface area contributed by atoms with Crippen molar-refractivity contribution in [2.75, 3.05) is 0 Å². The fourth-order valence-electron chi connectivity index (χ4n) is 8.60. The second-order valence-corrected chi connectivity index (χ2v) is 16.1. The average Bonchev–Trinajstić information content (AvgIpc) is 3.93. The van der Waals surface area contributed by atoms with Crippen molar-refractivity contribution in [2.24, 2.45) is 5.92 Å². The molecule has 0 N–H and O–H groups in total. The van der Waals surface area contributed by atoms with Crippen molar-refractivity contribution in [1.82, 2.24) is 9.97 Å². The molecule has 5 aromatic carbocycles. The van der Waals surface area contributed by atoms with E-state index in [-0.39, 0.29) is 10.8 Å². The molecule has 2 nitrogen and oxygen atoms in total. The smallest absolute Gasteiger partial charge is 0.0698 e. The first-order valence-corrected chi connectivity index (χ1v) is 18.8. The van der Waals surface area contributed by atoms with Gasteiger partial charge in [0.1, 0.15) is 0 Å². The third kappa shape index (κ3) is 5.65. The van der Waals surface area contributed by atoms with E-state index in [1.54, 1.807) is 0 Å². The van der Waals surface area contributed by atoms with Crippen LogP contribution in [-0.2, 0) is 10.8 Å². The summed E-state index contributed by atoms with van der Waals surface area (Å²) >= 11 is 0. The first-order valence-electron chi connectivity index (χ1n) is 18.8. The highest BCUT2D eigenvalue weighted by atomic mass is 14.7. The van der Waals surface area contributed by atoms with Crippen molar-refractivity contribution in [3.05, 3.63) is 181 Å². The molecular weight excluding hydrogens is 641 g/mol. The summed E-state index contributed by atoms with van der Waals surface area (Å²) in [6, 6.07) is 40.3. The molecule has 2 aliphatic rings. The van der Waals surface area contributed by atoms with Crippen LogP contribution in [-0.4, -0.2) is 9.97 Å². The fourth-order valence-corrected chi connectivity index (χ4v) is 8.60. The van der Waals surface area contributed by atoms with Gasteiger partial charge in [-0.15, -0.1) is 0 Å². The van der Waals surface area contributed by atoms with Crippen LogP contribution in [0.4, 0.5) is 0 Å². The monoisotopic (exact) mass is 684 g/mol. The molecule has 2 aromatic heterocycles. The van der Waals surface area contributed by atoms with E-state index in [0.29, 0.717) is 5.92 Å². The maximum Gasteiger partial charge on any atom is 0.0698 e. The molecule has 0 saturated heterocycles. The lowest BCUT2D eigenvalue weighted by atomic mass is 9.78. The van der Waals surface area contributed by atoms with Gasteiger partial charge in [-0.3, -0.25) is 9.97 Å². The van der Waals surface area contributed by atoms with E-state index in [0.717, 1.165) is 17.7 Å². The molecule has 2 atom stereocenters. The molecule has 0 amide bonds. The lowest BCUT2D eigenvalue weighted by molar-refractivity contribution is 0.591. The molecule has 1 saturated carbocycles. The number of nitrogens with zero attached hydrogens (tertiary/aromatic N) is 2. The minimum absolute atomic E-state index is 0.0290. The second kappa shape index (κ2) is 12.4. The predicted molar refractivity (Wildman–Crippen MR) is 225 cm³/mol. The summed E-state index contributed by atoms with van der Waals surface area (Å²) in [7, 11) is 0. The molecule has 0 bridgehead atoms. The van der Waals surface area contributed by atoms with E-state index in [9.17, 15) is 0 Å². The van der Waals surface area contributed by atoms with Gasteiger partial charge in [0.25, 0.3) is 0 Å². The van der Waals surface area contributed by atoms with Crippen LogP contribution in [0.5, 0.6) is 0 Å². The molecule has 258 valence electrons. The topological polar surface area (TPSA) is 25.8 Å². The van der Waals surface area contributed by atoms with Crippen molar-refractivity contribution in [1.29, 1.82) is 0 Å². The maximum absolute atomic E-state index is 4.66. The summed E-state index contributed by atoms with van der Waals surface area (Å²) in [6.07, 6.45) is 13.9. The Kier molecular flexibility index (Phi) is 7.71. The normalized spacial score (nSPS) is 17.8. The van der Waals surface area contributed by atoms with Gasteiger partial charge < -0.3 is 0 Å². The highest BCUT2D eigenvalue weighted by Crippen LogP contribution is 2.61. The summed E-state index contributed by atoms with van der Waals surface area (Å²) in [5.41, 5.74) is 16.0. The van der Waals surface area contributed by atoms with Crippen LogP contribution in [0.15, 0.2) is 153 Å². The summed E-state index contributed by atoms with van der Waals surface area (Å²) in [6.45, 7) is 15.9. The number of pyridine rings is 2. The van der Waals surface area contributed by atoms with Gasteiger partial charge in [0.15, 0.2) is 0 Å². The van der Waals surface area contributed by atoms with Gasteiger partial charge in [-0.2, -0.15) is 0 Å². The lowest BCUT2D eigenvalue weighted by Crippen LogP contribution is -2.13. The van der Waals surface area contributed by atoms with Crippen LogP contribution in [0.3, 0.4) is 0 Å². The molecule has 0 radical (unpaired) electrons. The number of fused-ring (bicyclic) bond motifs is 4. The number of hydrogen-bond donors (Lipinski definition) is 0. The van der Waals surface area contributed by atoms with Crippen molar-refractivity contribution >= 4 is 32.7 Å². The van der Waals surface area contributed by atoms with Crippen molar-refractivity contribution in [2.45, 2.75) is 51.9 Å². The molecule has 2 unspecified atom stereocenters. The first-order chi connectivity index (χ1) is 25.6. The summed E-state index contributed by atoms with van der Waals surface area (Å²) in [5, 5.41) is 5.23. The molecule has 0 aliphatic heterocycles. The first kappa shape index (κ1) is 33.0. The highest BCUT2D eigenvalue weighted by Gasteiger charge is 2.54. The molecule has 2 heterocycles. The zero-order chi connectivity index (χ0) is 36.5. The molecule has 0 spiro atoms. The quantitative estimate of drug-likeness (QED) is 0.163. The Morgan fingerprint density at radius 2 is 1.40 bits per heavy atom. The van der Waals surface area contributed by atoms with Gasteiger partial charge in [0.2, 0.25) is 0 Å². The Morgan fingerprint density at radius 3 is 2.00 bits per heavy atom. The number of allylic oxidation sites excluding steroid dienone is 5. The third-order valence-corrected chi connectivity index (χ3v) is 11.7. The molecule has 53 heavy (non-hydrogen) atoms. The van der Waals surface area contributed by atoms with Gasteiger partial charge in [-0.05, 0) is 145 Å². The van der Waals surface area contributed by atoms with E-state index < -0.39 is 0 Å². The average molecular weight is 685 g/mol. The summed E-state index contributed by atoms with van der Waals surface area (Å²) in [5.74, 6) is 0.439. The number of benzene rings is 5. The van der Waals surface area contributed by atoms with E-state index in [1.807, 2.05) is 24.7 Å². The standard InChI is InChI=1S/C51H44N2/c1-32(2)44-29-41(50(4,5)6)28-40-18-19-43-45(38-16-14-35(15-17-38)34-10-12-36(13-11-34)37-21-25-52-26-22-37)30-46(33(3)48(43)49(40)44)51-23-20-39(27-42(51)31-51)47-9-7-8-24-53-47/h7-30,42H,1,31H2,2-6H3. The van der Waals surface area contributed by atoms with E-state index in [4.69, 9.17) is 0 Å². The molecule has 7 aromatic rings. The summed E-state index contributed by atoms with van der Waals surface area (Å²) in [4.78, 5) is 8.84. The molecule has 2 heteroatoms. The summed E-state index contributed by atoms with van der Waals surface area (Å²) < 4.78 is 0. The van der Waals surface area contributed by atoms with Crippen molar-refractivity contribution < 1.29 is 0 Å². The SMILES string of the molecule is C=C(C)c1cc(C(C)(C)C)cc2ccc3c(-c4ccc(-c5ccc(-c6ccncc6)cc5)cc4)cc(C45C=CC(c6ccccn6)=CC4C5)c(C)c3c12. The Bertz CT molecular complexity index is 2620. The minimum Gasteiger partial charge on any atom is -0.265 e. The van der Waals surface area contributed by atoms with Crippen LogP contribution >= 0.6 is 0 Å². The van der Waals surface area contributed by atoms with Crippen LogP contribution < -0.4 is 0 Å². The van der Waals surface area contributed by atoms with E-state index in [1.165, 1.54) is 82.8 Å². The van der Waals surface area contributed by atoms with E-state index in [2.05, 4.69) is 173 Å². The highest BCUT2D eigenvalue weighted by molar-refractivity contribution is 6.17. The molecule has 1 fully saturated rings. The third-order valence-electron chi connectivity index (χ3n) is 11.7. The van der Waals surface area contributed by atoms with E-state index >= 15 is 0 Å². The van der Waals surface area contributed by atoms with Gasteiger partial charge in [-0.1, -0.05) is 130 Å². The number of aryl methyl sites for hydroxylation is 1. The largest absolute Gasteiger partial charge is 0.265 e. The zero-order valence-electron chi connectivity index (χ0n) is 31.2. The molecular formula is C51H44N2. The zero-order valence-corrected chi connectivity index (χ0v) is 31.2. The van der Waals surface area contributed by atoms with Crippen molar-refractivity contribution in [3.63, 3.8) is 0 Å². The van der Waals surface area contributed by atoms with Gasteiger partial charge in [-0.25, -0.2) is 0 Å². The Hall–Kier alpha value is -5.86. The van der Waals surface area contributed by atoms with Crippen molar-refractivity contribution in [3.8, 4) is 33.4 Å². The Morgan fingerprint density at radius 1 is 0.736 bits per heavy atom. The van der Waals surface area contributed by atoms with Gasteiger partial charge in [0.05, 0.1) is 5.69 Å². The lowest BCUT2D eigenvalue weighted by Gasteiger charge is -2.26. The van der Waals surface area contributed by atoms with Gasteiger partial charge >= 0.3 is 0 Å². The van der Waals surface area contributed by atoms with Crippen LogP contribution in [0.25, 0.3) is 66.1 Å². The van der Waals surface area contributed by atoms with Crippen LogP contribution in [0.1, 0.15) is 62.1 Å².